The minimum absolute atomic E-state index is 0.00613. The highest BCUT2D eigenvalue weighted by molar-refractivity contribution is 6.31. The minimum Gasteiger partial charge on any atom is -0.493 e. The summed E-state index contributed by atoms with van der Waals surface area (Å²) in [6, 6.07) is 12.6. The first-order chi connectivity index (χ1) is 20.1. The molecule has 3 heterocycles. The number of piperidine rings is 1. The van der Waals surface area contributed by atoms with Gasteiger partial charge in [-0.15, -0.1) is 0 Å². The van der Waals surface area contributed by atoms with Crippen LogP contribution in [0.3, 0.4) is 0 Å². The maximum absolute atomic E-state index is 13.9. The molecule has 5 atom stereocenters. The van der Waals surface area contributed by atoms with Gasteiger partial charge in [-0.2, -0.15) is 0 Å². The third-order valence-corrected chi connectivity index (χ3v) is 9.68. The maximum atomic E-state index is 13.9. The monoisotopic (exact) mass is 588 g/mol. The smallest absolute Gasteiger partial charge is 0.232 e. The Bertz CT molecular complexity index is 1420. The van der Waals surface area contributed by atoms with Gasteiger partial charge in [0.1, 0.15) is 0 Å². The van der Waals surface area contributed by atoms with Gasteiger partial charge in [0.25, 0.3) is 0 Å². The second-order valence-electron chi connectivity index (χ2n) is 12.6. The molecule has 42 heavy (non-hydrogen) atoms. The van der Waals surface area contributed by atoms with Crippen LogP contribution >= 0.6 is 11.6 Å². The molecule has 222 valence electrons. The number of anilines is 1. The summed E-state index contributed by atoms with van der Waals surface area (Å²) in [5, 5.41) is 16.1. The summed E-state index contributed by atoms with van der Waals surface area (Å²) in [6.45, 7) is 5.92. The number of hydrogen-bond acceptors (Lipinski definition) is 5. The van der Waals surface area contributed by atoms with Crippen molar-refractivity contribution in [3.63, 3.8) is 0 Å². The van der Waals surface area contributed by atoms with Gasteiger partial charge in [0, 0.05) is 28.7 Å². The Morgan fingerprint density at radius 1 is 1.07 bits per heavy atom. The first-order valence-corrected chi connectivity index (χ1v) is 15.5. The lowest BCUT2D eigenvalue weighted by Crippen LogP contribution is -2.45. The van der Waals surface area contributed by atoms with Crippen LogP contribution in [0, 0.1) is 11.8 Å². The lowest BCUT2D eigenvalue weighted by atomic mass is 9.75. The van der Waals surface area contributed by atoms with Crippen molar-refractivity contribution >= 4 is 23.2 Å². The molecule has 2 fully saturated rings. The van der Waals surface area contributed by atoms with Gasteiger partial charge in [0.15, 0.2) is 11.5 Å². The van der Waals surface area contributed by atoms with E-state index in [2.05, 4.69) is 17.5 Å². The molecular formula is C35H41ClN2O4. The van der Waals surface area contributed by atoms with E-state index in [9.17, 15) is 9.90 Å². The third-order valence-electron chi connectivity index (χ3n) is 9.42. The van der Waals surface area contributed by atoms with E-state index in [1.807, 2.05) is 80.3 Å². The molecule has 4 aliphatic rings. The highest BCUT2D eigenvalue weighted by Crippen LogP contribution is 2.46. The summed E-state index contributed by atoms with van der Waals surface area (Å²) >= 11 is 6.35. The van der Waals surface area contributed by atoms with Crippen molar-refractivity contribution in [1.82, 2.24) is 5.32 Å². The SMILES string of the molecule is COc1cc2c(cc1OC(C)C)C(C1C=CC=C(Cl)C=C1)N(c1ccc(C(C)(O)C3CC4CCC(C3)N4)cc1)C(=O)C2. The predicted molar refractivity (Wildman–Crippen MR) is 167 cm³/mol. The van der Waals surface area contributed by atoms with Crippen molar-refractivity contribution in [1.29, 1.82) is 0 Å². The van der Waals surface area contributed by atoms with Crippen LogP contribution in [0.15, 0.2) is 71.8 Å². The Balaban J connectivity index is 1.38. The number of halogens is 1. The van der Waals surface area contributed by atoms with E-state index >= 15 is 0 Å². The van der Waals surface area contributed by atoms with Gasteiger partial charge < -0.3 is 24.8 Å². The number of amides is 1. The number of aliphatic hydroxyl groups is 1. The zero-order chi connectivity index (χ0) is 29.6. The van der Waals surface area contributed by atoms with Crippen molar-refractivity contribution < 1.29 is 19.4 Å². The molecule has 1 aliphatic carbocycles. The topological polar surface area (TPSA) is 71.0 Å². The number of rotatable bonds is 7. The van der Waals surface area contributed by atoms with Crippen LogP contribution in [0.25, 0.3) is 0 Å². The fourth-order valence-corrected chi connectivity index (χ4v) is 7.44. The normalized spacial score (nSPS) is 28.3. The van der Waals surface area contributed by atoms with Crippen LogP contribution in [-0.4, -0.2) is 36.3 Å². The molecule has 2 N–H and O–H groups in total. The van der Waals surface area contributed by atoms with E-state index in [4.69, 9.17) is 21.1 Å². The molecule has 2 saturated heterocycles. The quantitative estimate of drug-likeness (QED) is 0.376. The highest BCUT2D eigenvalue weighted by Gasteiger charge is 2.43. The molecule has 5 unspecified atom stereocenters. The Kier molecular flexibility index (Phi) is 7.99. The van der Waals surface area contributed by atoms with E-state index in [1.54, 1.807) is 7.11 Å². The Hall–Kier alpha value is -3.06. The number of hydrogen-bond donors (Lipinski definition) is 2. The minimum atomic E-state index is -0.936. The second kappa shape index (κ2) is 11.6. The standard InChI is InChI=1S/C35H41ClN2O4/c1-21(2)42-32-20-30-23(16-31(32)41-4)17-33(39)38(34(30)22-6-5-7-26(36)11-8-22)29-14-9-24(10-15-29)35(3,40)25-18-27-12-13-28(19-25)37-27/h5-11,14-16,20-22,25,27-28,34,37,40H,12-13,17-19H2,1-4H3. The largest absolute Gasteiger partial charge is 0.493 e. The summed E-state index contributed by atoms with van der Waals surface area (Å²) in [7, 11) is 1.62. The van der Waals surface area contributed by atoms with Gasteiger partial charge in [0.05, 0.1) is 31.3 Å². The van der Waals surface area contributed by atoms with E-state index in [0.29, 0.717) is 28.6 Å². The fraction of sp³-hybridized carbons (Fsp3) is 0.457. The first-order valence-electron chi connectivity index (χ1n) is 15.1. The summed E-state index contributed by atoms with van der Waals surface area (Å²) < 4.78 is 11.8. The molecule has 2 aromatic carbocycles. The molecule has 6 rings (SSSR count). The van der Waals surface area contributed by atoms with Crippen LogP contribution in [0.5, 0.6) is 11.5 Å². The molecule has 0 aromatic heterocycles. The summed E-state index contributed by atoms with van der Waals surface area (Å²) in [5.41, 5.74) is 2.70. The molecule has 0 saturated carbocycles. The number of carbonyl (C=O) groups is 1. The van der Waals surface area contributed by atoms with Gasteiger partial charge >= 0.3 is 0 Å². The molecule has 6 nitrogen and oxygen atoms in total. The molecule has 0 spiro atoms. The fourth-order valence-electron chi connectivity index (χ4n) is 7.30. The number of methoxy groups -OCH3 is 1. The van der Waals surface area contributed by atoms with Crippen LogP contribution in [0.1, 0.15) is 69.2 Å². The van der Waals surface area contributed by atoms with Gasteiger partial charge in [0.2, 0.25) is 5.91 Å². The first kappa shape index (κ1) is 29.0. The summed E-state index contributed by atoms with van der Waals surface area (Å²) in [6.07, 6.45) is 14.4. The molecule has 0 radical (unpaired) electrons. The van der Waals surface area contributed by atoms with E-state index in [0.717, 1.165) is 35.2 Å². The average Bonchev–Trinajstić information content (AvgIpc) is 3.15. The van der Waals surface area contributed by atoms with Gasteiger partial charge in [-0.1, -0.05) is 42.0 Å². The number of fused-ring (bicyclic) bond motifs is 3. The van der Waals surface area contributed by atoms with Gasteiger partial charge in [-0.3, -0.25) is 4.79 Å². The lowest BCUT2D eigenvalue weighted by molar-refractivity contribution is -0.119. The number of benzene rings is 2. The van der Waals surface area contributed by atoms with E-state index < -0.39 is 5.60 Å². The maximum Gasteiger partial charge on any atom is 0.232 e. The van der Waals surface area contributed by atoms with Crippen LogP contribution < -0.4 is 19.7 Å². The molecular weight excluding hydrogens is 548 g/mol. The molecule has 7 heteroatoms. The van der Waals surface area contributed by atoms with E-state index in [-0.39, 0.29) is 36.3 Å². The van der Waals surface area contributed by atoms with Crippen molar-refractivity contribution in [2.75, 3.05) is 12.0 Å². The van der Waals surface area contributed by atoms with Crippen molar-refractivity contribution in [2.24, 2.45) is 11.8 Å². The average molecular weight is 589 g/mol. The number of ether oxygens (including phenoxy) is 2. The zero-order valence-corrected chi connectivity index (χ0v) is 25.6. The van der Waals surface area contributed by atoms with Gasteiger partial charge in [-0.25, -0.2) is 0 Å². The molecule has 1 amide bonds. The van der Waals surface area contributed by atoms with Crippen LogP contribution in [0.2, 0.25) is 0 Å². The predicted octanol–water partition coefficient (Wildman–Crippen LogP) is 6.72. The summed E-state index contributed by atoms with van der Waals surface area (Å²) in [4.78, 5) is 15.8. The molecule has 2 bridgehead atoms. The van der Waals surface area contributed by atoms with Crippen molar-refractivity contribution in [3.8, 4) is 11.5 Å². The van der Waals surface area contributed by atoms with E-state index in [1.165, 1.54) is 12.8 Å². The Morgan fingerprint density at radius 2 is 1.79 bits per heavy atom. The summed E-state index contributed by atoms with van der Waals surface area (Å²) in [5.74, 6) is 1.36. The molecule has 2 aromatic rings. The molecule has 3 aliphatic heterocycles. The van der Waals surface area contributed by atoms with Crippen molar-refractivity contribution in [2.45, 2.75) is 82.7 Å². The zero-order valence-electron chi connectivity index (χ0n) is 24.8. The Labute approximate surface area is 254 Å². The van der Waals surface area contributed by atoms with Crippen molar-refractivity contribution in [3.05, 3.63) is 88.5 Å². The highest BCUT2D eigenvalue weighted by atomic mass is 35.5. The van der Waals surface area contributed by atoms with Gasteiger partial charge in [-0.05, 0) is 105 Å². The number of nitrogens with one attached hydrogen (secondary N) is 1. The second-order valence-corrected chi connectivity index (χ2v) is 13.1. The Morgan fingerprint density at radius 3 is 2.45 bits per heavy atom. The number of nitrogens with zero attached hydrogens (tertiary/aromatic N) is 1. The van der Waals surface area contributed by atoms with Crippen LogP contribution in [0.4, 0.5) is 5.69 Å². The number of carbonyl (C=O) groups excluding carboxylic acids is 1. The third kappa shape index (κ3) is 5.52. The lowest BCUT2D eigenvalue weighted by Gasteiger charge is -2.41. The number of allylic oxidation sites excluding steroid dienone is 4. The van der Waals surface area contributed by atoms with Crippen LogP contribution in [-0.2, 0) is 16.8 Å².